The van der Waals surface area contributed by atoms with Crippen LogP contribution in [0, 0.1) is 5.92 Å². The molecule has 116 valence electrons. The van der Waals surface area contributed by atoms with E-state index in [1.807, 2.05) is 7.05 Å². The van der Waals surface area contributed by atoms with E-state index in [-0.39, 0.29) is 5.41 Å². The molecule has 3 heteroatoms. The molecule has 2 rings (SSSR count). The molecule has 1 N–H and O–H groups in total. The Hall–Kier alpha value is -1.51. The maximum Gasteiger partial charge on any atom is 0.193 e. The first kappa shape index (κ1) is 15.9. The summed E-state index contributed by atoms with van der Waals surface area (Å²) in [5.41, 5.74) is 1.46. The highest BCUT2D eigenvalue weighted by molar-refractivity contribution is 5.80. The first-order valence-electron chi connectivity index (χ1n) is 8.04. The van der Waals surface area contributed by atoms with Gasteiger partial charge < -0.3 is 10.2 Å². The van der Waals surface area contributed by atoms with E-state index in [0.29, 0.717) is 0 Å². The second kappa shape index (κ2) is 6.97. The summed E-state index contributed by atoms with van der Waals surface area (Å²) >= 11 is 0. The molecule has 0 unspecified atom stereocenters. The quantitative estimate of drug-likeness (QED) is 0.682. The lowest BCUT2D eigenvalue weighted by molar-refractivity contribution is 0.272. The summed E-state index contributed by atoms with van der Waals surface area (Å²) in [5, 5.41) is 3.57. The summed E-state index contributed by atoms with van der Waals surface area (Å²) in [6.07, 6.45) is 2.53. The van der Waals surface area contributed by atoms with Crippen LogP contribution in [0.2, 0.25) is 0 Å². The zero-order chi connectivity index (χ0) is 15.3. The Kier molecular flexibility index (Phi) is 5.27. The van der Waals surface area contributed by atoms with Gasteiger partial charge >= 0.3 is 0 Å². The minimum atomic E-state index is 0.0975. The van der Waals surface area contributed by atoms with E-state index in [1.54, 1.807) is 0 Å². The maximum atomic E-state index is 4.46. The van der Waals surface area contributed by atoms with Gasteiger partial charge in [0.25, 0.3) is 0 Å². The molecule has 0 bridgehead atoms. The van der Waals surface area contributed by atoms with E-state index in [9.17, 15) is 0 Å². The van der Waals surface area contributed by atoms with Crippen molar-refractivity contribution in [3.8, 4) is 0 Å². The minimum absolute atomic E-state index is 0.0975. The average Bonchev–Trinajstić information content (AvgIpc) is 2.50. The Balaban J connectivity index is 1.94. The number of hydrogen-bond donors (Lipinski definition) is 1. The van der Waals surface area contributed by atoms with Crippen molar-refractivity contribution < 1.29 is 0 Å². The van der Waals surface area contributed by atoms with Crippen molar-refractivity contribution in [1.29, 1.82) is 0 Å². The minimum Gasteiger partial charge on any atom is -0.355 e. The van der Waals surface area contributed by atoms with Crippen LogP contribution in [-0.2, 0) is 5.41 Å². The van der Waals surface area contributed by atoms with Crippen molar-refractivity contribution in [2.75, 3.05) is 26.7 Å². The molecule has 1 heterocycles. The average molecular weight is 287 g/mol. The van der Waals surface area contributed by atoms with Crippen LogP contribution in [0.25, 0.3) is 0 Å². The Bertz CT molecular complexity index is 457. The molecule has 21 heavy (non-hydrogen) atoms. The van der Waals surface area contributed by atoms with Gasteiger partial charge in [0.15, 0.2) is 5.96 Å². The highest BCUT2D eigenvalue weighted by atomic mass is 15.3. The predicted molar refractivity (Wildman–Crippen MR) is 90.8 cm³/mol. The second-order valence-corrected chi connectivity index (χ2v) is 6.82. The number of hydrogen-bond acceptors (Lipinski definition) is 1. The van der Waals surface area contributed by atoms with Gasteiger partial charge in [-0.2, -0.15) is 0 Å². The zero-order valence-electron chi connectivity index (χ0n) is 13.9. The number of likely N-dealkylation sites (tertiary alicyclic amines) is 1. The largest absolute Gasteiger partial charge is 0.355 e. The van der Waals surface area contributed by atoms with Gasteiger partial charge in [-0.3, -0.25) is 4.99 Å². The lowest BCUT2D eigenvalue weighted by atomic mass is 9.85. The van der Waals surface area contributed by atoms with Crippen LogP contribution < -0.4 is 5.32 Å². The molecule has 0 atom stereocenters. The third kappa shape index (κ3) is 4.23. The van der Waals surface area contributed by atoms with Gasteiger partial charge in [0.1, 0.15) is 0 Å². The van der Waals surface area contributed by atoms with Gasteiger partial charge in [-0.25, -0.2) is 0 Å². The molecule has 1 aromatic carbocycles. The predicted octanol–water partition coefficient (Wildman–Crippen LogP) is 3.27. The molecular formula is C18H29N3. The number of aliphatic imine (C=N–C) groups is 1. The normalized spacial score (nSPS) is 17.9. The molecule has 1 aliphatic heterocycles. The zero-order valence-corrected chi connectivity index (χ0v) is 13.9. The highest BCUT2D eigenvalue weighted by Crippen LogP contribution is 2.22. The standard InChI is InChI=1S/C18H29N3/c1-15-10-12-21(13-11-15)17(19-4)20-14-18(2,3)16-8-6-5-7-9-16/h5-9,15H,10-14H2,1-4H3,(H,19,20). The molecule has 1 saturated heterocycles. The second-order valence-electron chi connectivity index (χ2n) is 6.82. The maximum absolute atomic E-state index is 4.46. The molecule has 1 fully saturated rings. The Morgan fingerprint density at radius 2 is 1.86 bits per heavy atom. The smallest absolute Gasteiger partial charge is 0.193 e. The van der Waals surface area contributed by atoms with Gasteiger partial charge in [-0.05, 0) is 24.3 Å². The fourth-order valence-electron chi connectivity index (χ4n) is 2.84. The summed E-state index contributed by atoms with van der Waals surface area (Å²) in [5.74, 6) is 1.89. The van der Waals surface area contributed by atoms with E-state index in [1.165, 1.54) is 18.4 Å². The molecule has 0 saturated carbocycles. The van der Waals surface area contributed by atoms with E-state index < -0.39 is 0 Å². The molecule has 0 aliphatic carbocycles. The van der Waals surface area contributed by atoms with E-state index in [2.05, 4.69) is 66.3 Å². The van der Waals surface area contributed by atoms with Gasteiger partial charge in [-0.1, -0.05) is 51.1 Å². The summed E-state index contributed by atoms with van der Waals surface area (Å²) in [7, 11) is 1.88. The lowest BCUT2D eigenvalue weighted by Crippen LogP contribution is -2.48. The summed E-state index contributed by atoms with van der Waals surface area (Å²) < 4.78 is 0. The van der Waals surface area contributed by atoms with E-state index >= 15 is 0 Å². The Morgan fingerprint density at radius 1 is 1.24 bits per heavy atom. The van der Waals surface area contributed by atoms with E-state index in [0.717, 1.165) is 31.5 Å². The van der Waals surface area contributed by atoms with Crippen LogP contribution in [0.15, 0.2) is 35.3 Å². The third-order valence-corrected chi connectivity index (χ3v) is 4.54. The molecular weight excluding hydrogens is 258 g/mol. The fraction of sp³-hybridized carbons (Fsp3) is 0.611. The summed E-state index contributed by atoms with van der Waals surface area (Å²) in [6.45, 7) is 10.0. The summed E-state index contributed by atoms with van der Waals surface area (Å²) in [6, 6.07) is 10.7. The highest BCUT2D eigenvalue weighted by Gasteiger charge is 2.23. The first-order chi connectivity index (χ1) is 10.0. The van der Waals surface area contributed by atoms with E-state index in [4.69, 9.17) is 0 Å². The van der Waals surface area contributed by atoms with Crippen LogP contribution in [0.4, 0.5) is 0 Å². The van der Waals surface area contributed by atoms with Crippen molar-refractivity contribution >= 4 is 5.96 Å². The molecule has 1 aliphatic rings. The van der Waals surface area contributed by atoms with Crippen LogP contribution in [-0.4, -0.2) is 37.5 Å². The van der Waals surface area contributed by atoms with Crippen molar-refractivity contribution in [2.45, 2.75) is 39.0 Å². The Morgan fingerprint density at radius 3 is 2.43 bits per heavy atom. The molecule has 3 nitrogen and oxygen atoms in total. The number of nitrogens with zero attached hydrogens (tertiary/aromatic N) is 2. The van der Waals surface area contributed by atoms with Gasteiger partial charge in [0.2, 0.25) is 0 Å². The fourth-order valence-corrected chi connectivity index (χ4v) is 2.84. The number of rotatable bonds is 3. The number of nitrogens with one attached hydrogen (secondary N) is 1. The monoisotopic (exact) mass is 287 g/mol. The molecule has 0 aromatic heterocycles. The van der Waals surface area contributed by atoms with Gasteiger partial charge in [-0.15, -0.1) is 0 Å². The lowest BCUT2D eigenvalue weighted by Gasteiger charge is -2.35. The van der Waals surface area contributed by atoms with Crippen LogP contribution >= 0.6 is 0 Å². The van der Waals surface area contributed by atoms with Crippen LogP contribution in [0.1, 0.15) is 39.2 Å². The van der Waals surface area contributed by atoms with Crippen LogP contribution in [0.3, 0.4) is 0 Å². The topological polar surface area (TPSA) is 27.6 Å². The number of piperidine rings is 1. The molecule has 1 aromatic rings. The molecule has 0 spiro atoms. The van der Waals surface area contributed by atoms with Crippen molar-refractivity contribution in [3.05, 3.63) is 35.9 Å². The van der Waals surface area contributed by atoms with Crippen molar-refractivity contribution in [3.63, 3.8) is 0 Å². The van der Waals surface area contributed by atoms with Crippen molar-refractivity contribution in [2.24, 2.45) is 10.9 Å². The van der Waals surface area contributed by atoms with Gasteiger partial charge in [0.05, 0.1) is 0 Å². The first-order valence-corrected chi connectivity index (χ1v) is 8.04. The van der Waals surface area contributed by atoms with Crippen molar-refractivity contribution in [1.82, 2.24) is 10.2 Å². The Labute approximate surface area is 129 Å². The summed E-state index contributed by atoms with van der Waals surface area (Å²) in [4.78, 5) is 6.85. The molecule has 0 radical (unpaired) electrons. The van der Waals surface area contributed by atoms with Gasteiger partial charge in [0, 0.05) is 32.1 Å². The SMILES string of the molecule is CN=C(NCC(C)(C)c1ccccc1)N1CCC(C)CC1. The number of guanidine groups is 1. The van der Waals surface area contributed by atoms with Crippen LogP contribution in [0.5, 0.6) is 0 Å². The number of benzene rings is 1. The molecule has 0 amide bonds. The third-order valence-electron chi connectivity index (χ3n) is 4.54.